The van der Waals surface area contributed by atoms with E-state index in [1.54, 1.807) is 12.1 Å². The number of hydrogen-bond acceptors (Lipinski definition) is 1. The predicted octanol–water partition coefficient (Wildman–Crippen LogP) is 0.134. The normalized spacial score (nSPS) is 9.44. The summed E-state index contributed by atoms with van der Waals surface area (Å²) in [5.74, 6) is 0.340. The molecule has 1 aromatic rings. The number of phenols is 1. The minimum atomic E-state index is 0.340. The van der Waals surface area contributed by atoms with Crippen molar-refractivity contribution in [1.82, 2.24) is 0 Å². The largest absolute Gasteiger partial charge is 0.507 e. The molecular weight excluding hydrogens is 114 g/mol. The maximum Gasteiger partial charge on any atom is 0.124 e. The molecule has 0 heterocycles. The van der Waals surface area contributed by atoms with Crippen LogP contribution in [0.2, 0.25) is 0 Å². The summed E-state index contributed by atoms with van der Waals surface area (Å²) in [5, 5.41) is 9.07. The van der Waals surface area contributed by atoms with Gasteiger partial charge in [0.15, 0.2) is 0 Å². The zero-order valence-corrected chi connectivity index (χ0v) is 5.17. The van der Waals surface area contributed by atoms with Crippen LogP contribution < -0.4 is 5.73 Å². The lowest BCUT2D eigenvalue weighted by molar-refractivity contribution is -0.386. The first-order chi connectivity index (χ1) is 4.34. The van der Waals surface area contributed by atoms with E-state index in [1.165, 1.54) is 0 Å². The SMILES string of the molecule is [NH3+]Cc1ccccc1O. The molecule has 4 N–H and O–H groups in total. The highest BCUT2D eigenvalue weighted by Crippen LogP contribution is 2.12. The van der Waals surface area contributed by atoms with Crippen molar-refractivity contribution in [3.63, 3.8) is 0 Å². The summed E-state index contributed by atoms with van der Waals surface area (Å²) in [6, 6.07) is 7.22. The lowest BCUT2D eigenvalue weighted by Crippen LogP contribution is -2.47. The Labute approximate surface area is 53.9 Å². The van der Waals surface area contributed by atoms with Gasteiger partial charge in [0.1, 0.15) is 12.3 Å². The second kappa shape index (κ2) is 2.51. The molecule has 0 amide bonds. The highest BCUT2D eigenvalue weighted by atomic mass is 16.3. The molecule has 0 saturated heterocycles. The van der Waals surface area contributed by atoms with Crippen LogP contribution in [0.5, 0.6) is 5.75 Å². The number of para-hydroxylation sites is 1. The second-order valence-electron chi connectivity index (χ2n) is 1.88. The topological polar surface area (TPSA) is 47.9 Å². The lowest BCUT2D eigenvalue weighted by atomic mass is 10.2. The molecule has 0 saturated carbocycles. The standard InChI is InChI=1S/C7H9NO/c8-5-6-3-1-2-4-7(6)9/h1-4,9H,5,8H2/p+1. The van der Waals surface area contributed by atoms with Crippen molar-refractivity contribution in [1.29, 1.82) is 0 Å². The molecule has 0 aliphatic rings. The van der Waals surface area contributed by atoms with Gasteiger partial charge in [-0.1, -0.05) is 12.1 Å². The van der Waals surface area contributed by atoms with Gasteiger partial charge in [0, 0.05) is 5.56 Å². The van der Waals surface area contributed by atoms with E-state index in [0.717, 1.165) is 5.56 Å². The first-order valence-corrected chi connectivity index (χ1v) is 2.90. The van der Waals surface area contributed by atoms with Gasteiger partial charge in [0.25, 0.3) is 0 Å². The van der Waals surface area contributed by atoms with Crippen LogP contribution in [0, 0.1) is 0 Å². The van der Waals surface area contributed by atoms with Crippen LogP contribution in [0.1, 0.15) is 5.56 Å². The fourth-order valence-electron chi connectivity index (χ4n) is 0.722. The molecule has 2 heteroatoms. The highest BCUT2D eigenvalue weighted by Gasteiger charge is 1.95. The van der Waals surface area contributed by atoms with E-state index in [1.807, 2.05) is 12.1 Å². The molecule has 0 unspecified atom stereocenters. The summed E-state index contributed by atoms with van der Waals surface area (Å²) in [4.78, 5) is 0. The van der Waals surface area contributed by atoms with Gasteiger partial charge in [-0.3, -0.25) is 0 Å². The van der Waals surface area contributed by atoms with Crippen molar-refractivity contribution >= 4 is 0 Å². The minimum absolute atomic E-state index is 0.340. The van der Waals surface area contributed by atoms with Gasteiger partial charge >= 0.3 is 0 Å². The van der Waals surface area contributed by atoms with Crippen LogP contribution in [0.15, 0.2) is 24.3 Å². The molecule has 0 aliphatic carbocycles. The third kappa shape index (κ3) is 1.21. The third-order valence-electron chi connectivity index (χ3n) is 1.26. The molecule has 0 bridgehead atoms. The van der Waals surface area contributed by atoms with Gasteiger partial charge in [-0.2, -0.15) is 0 Å². The number of hydrogen-bond donors (Lipinski definition) is 2. The number of benzene rings is 1. The Morgan fingerprint density at radius 2 is 2.00 bits per heavy atom. The second-order valence-corrected chi connectivity index (χ2v) is 1.88. The van der Waals surface area contributed by atoms with E-state index in [4.69, 9.17) is 5.11 Å². The van der Waals surface area contributed by atoms with Crippen molar-refractivity contribution in [3.8, 4) is 5.75 Å². The van der Waals surface area contributed by atoms with Crippen LogP contribution in [-0.2, 0) is 6.54 Å². The monoisotopic (exact) mass is 124 g/mol. The quantitative estimate of drug-likeness (QED) is 0.549. The number of quaternary nitrogens is 1. The summed E-state index contributed by atoms with van der Waals surface area (Å²) in [7, 11) is 0. The van der Waals surface area contributed by atoms with Gasteiger partial charge in [-0.05, 0) is 12.1 Å². The van der Waals surface area contributed by atoms with Crippen LogP contribution in [0.3, 0.4) is 0 Å². The smallest absolute Gasteiger partial charge is 0.124 e. The Kier molecular flexibility index (Phi) is 1.70. The van der Waals surface area contributed by atoms with Crippen LogP contribution in [-0.4, -0.2) is 5.11 Å². The Morgan fingerprint density at radius 1 is 1.33 bits per heavy atom. The highest BCUT2D eigenvalue weighted by molar-refractivity contribution is 5.30. The van der Waals surface area contributed by atoms with E-state index in [9.17, 15) is 0 Å². The molecule has 0 spiro atoms. The van der Waals surface area contributed by atoms with Gasteiger partial charge in [-0.15, -0.1) is 0 Å². The molecule has 0 fully saturated rings. The molecule has 0 aliphatic heterocycles. The van der Waals surface area contributed by atoms with E-state index in [0.29, 0.717) is 12.3 Å². The number of aromatic hydroxyl groups is 1. The van der Waals surface area contributed by atoms with Crippen molar-refractivity contribution < 1.29 is 10.8 Å². The minimum Gasteiger partial charge on any atom is -0.507 e. The first kappa shape index (κ1) is 6.11. The summed E-state index contributed by atoms with van der Waals surface area (Å²) >= 11 is 0. The molecule has 1 rings (SSSR count). The fourth-order valence-corrected chi connectivity index (χ4v) is 0.722. The maximum atomic E-state index is 9.07. The average Bonchev–Trinajstić information content (AvgIpc) is 1.89. The van der Waals surface area contributed by atoms with Crippen molar-refractivity contribution in [2.24, 2.45) is 0 Å². The predicted molar refractivity (Wildman–Crippen MR) is 34.7 cm³/mol. The Morgan fingerprint density at radius 3 is 2.44 bits per heavy atom. The van der Waals surface area contributed by atoms with Crippen LogP contribution >= 0.6 is 0 Å². The zero-order chi connectivity index (χ0) is 6.69. The zero-order valence-electron chi connectivity index (χ0n) is 5.17. The maximum absolute atomic E-state index is 9.07. The van der Waals surface area contributed by atoms with Crippen molar-refractivity contribution in [2.75, 3.05) is 0 Å². The van der Waals surface area contributed by atoms with Crippen LogP contribution in [0.25, 0.3) is 0 Å². The molecule has 0 radical (unpaired) electrons. The fraction of sp³-hybridized carbons (Fsp3) is 0.143. The lowest BCUT2D eigenvalue weighted by Gasteiger charge is -1.95. The summed E-state index contributed by atoms with van der Waals surface area (Å²) in [5.41, 5.74) is 4.56. The summed E-state index contributed by atoms with van der Waals surface area (Å²) < 4.78 is 0. The van der Waals surface area contributed by atoms with E-state index < -0.39 is 0 Å². The summed E-state index contributed by atoms with van der Waals surface area (Å²) in [6.07, 6.45) is 0. The molecule has 0 atom stereocenters. The van der Waals surface area contributed by atoms with E-state index in [-0.39, 0.29) is 0 Å². The van der Waals surface area contributed by atoms with Crippen molar-refractivity contribution in [3.05, 3.63) is 29.8 Å². The average molecular weight is 124 g/mol. The first-order valence-electron chi connectivity index (χ1n) is 2.90. The number of phenolic OH excluding ortho intramolecular Hbond substituents is 1. The van der Waals surface area contributed by atoms with E-state index in [2.05, 4.69) is 5.73 Å². The van der Waals surface area contributed by atoms with Crippen molar-refractivity contribution in [2.45, 2.75) is 6.54 Å². The third-order valence-corrected chi connectivity index (χ3v) is 1.26. The molecule has 9 heavy (non-hydrogen) atoms. The number of rotatable bonds is 1. The molecule has 2 nitrogen and oxygen atoms in total. The van der Waals surface area contributed by atoms with E-state index >= 15 is 0 Å². The van der Waals surface area contributed by atoms with Gasteiger partial charge < -0.3 is 10.8 Å². The molecule has 1 aromatic carbocycles. The molecule has 48 valence electrons. The van der Waals surface area contributed by atoms with Crippen LogP contribution in [0.4, 0.5) is 0 Å². The van der Waals surface area contributed by atoms with Gasteiger partial charge in [-0.25, -0.2) is 0 Å². The van der Waals surface area contributed by atoms with Gasteiger partial charge in [0.05, 0.1) is 0 Å². The Bertz CT molecular complexity index is 198. The summed E-state index contributed by atoms with van der Waals surface area (Å²) in [6.45, 7) is 0.646. The Hall–Kier alpha value is -1.02. The van der Waals surface area contributed by atoms with Gasteiger partial charge in [0.2, 0.25) is 0 Å². The molecular formula is C7H10NO+. The Balaban J connectivity index is 3.01. The molecule has 0 aromatic heterocycles.